The standard InChI is InChI=1S/C19H21ClO3/c1-5-6-15-10-17(16(20)8-12(15)2)23-19-13(3)7-14(11-21)9-18(19)22-4/h5,7-10,21H,1,6,11H2,2-4H3. The molecule has 0 atom stereocenters. The molecule has 0 aromatic heterocycles. The maximum absolute atomic E-state index is 9.31. The number of hydrogen-bond acceptors (Lipinski definition) is 3. The second kappa shape index (κ2) is 7.53. The van der Waals surface area contributed by atoms with E-state index in [1.165, 1.54) is 0 Å². The quantitative estimate of drug-likeness (QED) is 0.758. The molecule has 0 fully saturated rings. The predicted molar refractivity (Wildman–Crippen MR) is 93.8 cm³/mol. The molecule has 122 valence electrons. The van der Waals surface area contributed by atoms with Crippen LogP contribution in [0.5, 0.6) is 17.2 Å². The second-order valence-electron chi connectivity index (χ2n) is 5.41. The van der Waals surface area contributed by atoms with E-state index in [0.717, 1.165) is 28.7 Å². The molecule has 0 unspecified atom stereocenters. The van der Waals surface area contributed by atoms with Gasteiger partial charge in [-0.2, -0.15) is 0 Å². The van der Waals surface area contributed by atoms with Crippen molar-refractivity contribution in [2.45, 2.75) is 26.9 Å². The summed E-state index contributed by atoms with van der Waals surface area (Å²) in [6.45, 7) is 7.64. The third-order valence-corrected chi connectivity index (χ3v) is 3.96. The van der Waals surface area contributed by atoms with Crippen molar-refractivity contribution in [3.63, 3.8) is 0 Å². The zero-order chi connectivity index (χ0) is 17.0. The van der Waals surface area contributed by atoms with Crippen LogP contribution in [0.15, 0.2) is 36.9 Å². The molecule has 0 aliphatic carbocycles. The topological polar surface area (TPSA) is 38.7 Å². The molecular formula is C19H21ClO3. The molecule has 2 aromatic rings. The van der Waals surface area contributed by atoms with Crippen LogP contribution in [0.25, 0.3) is 0 Å². The molecule has 0 saturated carbocycles. The molecule has 0 saturated heterocycles. The smallest absolute Gasteiger partial charge is 0.172 e. The van der Waals surface area contributed by atoms with Gasteiger partial charge >= 0.3 is 0 Å². The van der Waals surface area contributed by atoms with Gasteiger partial charge in [0.05, 0.1) is 18.7 Å². The molecule has 3 nitrogen and oxygen atoms in total. The van der Waals surface area contributed by atoms with Gasteiger partial charge in [-0.1, -0.05) is 17.7 Å². The van der Waals surface area contributed by atoms with Crippen LogP contribution in [0.1, 0.15) is 22.3 Å². The van der Waals surface area contributed by atoms with Crippen LogP contribution in [0.2, 0.25) is 5.02 Å². The molecule has 0 spiro atoms. The molecule has 0 aliphatic rings. The second-order valence-corrected chi connectivity index (χ2v) is 5.81. The number of benzene rings is 2. The third-order valence-electron chi connectivity index (χ3n) is 3.67. The summed E-state index contributed by atoms with van der Waals surface area (Å²) in [5.74, 6) is 1.74. The maximum Gasteiger partial charge on any atom is 0.172 e. The summed E-state index contributed by atoms with van der Waals surface area (Å²) in [6.07, 6.45) is 2.60. The number of rotatable bonds is 6. The van der Waals surface area contributed by atoms with Gasteiger partial charge in [0.2, 0.25) is 0 Å². The van der Waals surface area contributed by atoms with Gasteiger partial charge in [-0.15, -0.1) is 6.58 Å². The molecule has 2 rings (SSSR count). The Morgan fingerprint density at radius 2 is 1.87 bits per heavy atom. The molecule has 0 bridgehead atoms. The van der Waals surface area contributed by atoms with Gasteiger partial charge < -0.3 is 14.6 Å². The van der Waals surface area contributed by atoms with E-state index in [0.29, 0.717) is 22.3 Å². The van der Waals surface area contributed by atoms with E-state index in [1.807, 2.05) is 38.1 Å². The third kappa shape index (κ3) is 3.87. The Balaban J connectivity index is 2.46. The minimum absolute atomic E-state index is 0.0494. The summed E-state index contributed by atoms with van der Waals surface area (Å²) >= 11 is 6.33. The highest BCUT2D eigenvalue weighted by Gasteiger charge is 2.14. The van der Waals surface area contributed by atoms with Crippen LogP contribution < -0.4 is 9.47 Å². The van der Waals surface area contributed by atoms with Crippen LogP contribution >= 0.6 is 11.6 Å². The first-order valence-corrected chi connectivity index (χ1v) is 7.74. The van der Waals surface area contributed by atoms with Gasteiger partial charge in [-0.05, 0) is 66.8 Å². The summed E-state index contributed by atoms with van der Waals surface area (Å²) in [6, 6.07) is 7.44. The highest BCUT2D eigenvalue weighted by Crippen LogP contribution is 2.39. The molecule has 1 N–H and O–H groups in total. The Bertz CT molecular complexity index is 723. The minimum atomic E-state index is -0.0494. The van der Waals surface area contributed by atoms with E-state index in [2.05, 4.69) is 6.58 Å². The first-order chi connectivity index (χ1) is 11.0. The number of aliphatic hydroxyl groups excluding tert-OH is 1. The van der Waals surface area contributed by atoms with Crippen molar-refractivity contribution in [2.24, 2.45) is 0 Å². The molecule has 0 radical (unpaired) electrons. The fourth-order valence-electron chi connectivity index (χ4n) is 2.45. The largest absolute Gasteiger partial charge is 0.493 e. The van der Waals surface area contributed by atoms with Crippen molar-refractivity contribution in [3.05, 3.63) is 64.2 Å². The predicted octanol–water partition coefficient (Wildman–Crippen LogP) is 4.98. The van der Waals surface area contributed by atoms with Crippen molar-refractivity contribution < 1.29 is 14.6 Å². The summed E-state index contributed by atoms with van der Waals surface area (Å²) in [4.78, 5) is 0. The van der Waals surface area contributed by atoms with E-state index in [4.69, 9.17) is 21.1 Å². The van der Waals surface area contributed by atoms with Crippen molar-refractivity contribution >= 4 is 11.6 Å². The fourth-order valence-corrected chi connectivity index (χ4v) is 2.70. The molecule has 0 heterocycles. The number of ether oxygens (including phenoxy) is 2. The van der Waals surface area contributed by atoms with Crippen molar-refractivity contribution in [1.82, 2.24) is 0 Å². The van der Waals surface area contributed by atoms with Crippen molar-refractivity contribution in [1.29, 1.82) is 0 Å². The number of allylic oxidation sites excluding steroid dienone is 1. The van der Waals surface area contributed by atoms with Crippen LogP contribution in [0.4, 0.5) is 0 Å². The van der Waals surface area contributed by atoms with Gasteiger partial charge in [0.25, 0.3) is 0 Å². The Hall–Kier alpha value is -1.97. The minimum Gasteiger partial charge on any atom is -0.493 e. The fraction of sp³-hybridized carbons (Fsp3) is 0.263. The average molecular weight is 333 g/mol. The van der Waals surface area contributed by atoms with Gasteiger partial charge in [-0.25, -0.2) is 0 Å². The lowest BCUT2D eigenvalue weighted by atomic mass is 10.1. The Morgan fingerprint density at radius 1 is 1.13 bits per heavy atom. The maximum atomic E-state index is 9.31. The number of methoxy groups -OCH3 is 1. The van der Waals surface area contributed by atoms with E-state index < -0.39 is 0 Å². The average Bonchev–Trinajstić information content (AvgIpc) is 2.53. The van der Waals surface area contributed by atoms with Crippen LogP contribution in [0, 0.1) is 13.8 Å². The van der Waals surface area contributed by atoms with Crippen LogP contribution in [-0.2, 0) is 13.0 Å². The summed E-state index contributed by atoms with van der Waals surface area (Å²) in [5, 5.41) is 9.85. The molecule has 0 aliphatic heterocycles. The molecule has 0 amide bonds. The lowest BCUT2D eigenvalue weighted by molar-refractivity contribution is 0.280. The van der Waals surface area contributed by atoms with Gasteiger partial charge in [0.15, 0.2) is 11.5 Å². The van der Waals surface area contributed by atoms with Crippen LogP contribution in [0.3, 0.4) is 0 Å². The number of halogens is 1. The highest BCUT2D eigenvalue weighted by atomic mass is 35.5. The normalized spacial score (nSPS) is 10.5. The van der Waals surface area contributed by atoms with Gasteiger partial charge in [0, 0.05) is 0 Å². The zero-order valence-corrected chi connectivity index (χ0v) is 14.4. The lowest BCUT2D eigenvalue weighted by Crippen LogP contribution is -1.97. The van der Waals surface area contributed by atoms with E-state index >= 15 is 0 Å². The van der Waals surface area contributed by atoms with E-state index in [9.17, 15) is 5.11 Å². The number of hydrogen-bond donors (Lipinski definition) is 1. The Kier molecular flexibility index (Phi) is 5.69. The first kappa shape index (κ1) is 17.4. The van der Waals surface area contributed by atoms with E-state index in [1.54, 1.807) is 13.2 Å². The molecule has 2 aromatic carbocycles. The van der Waals surface area contributed by atoms with Gasteiger partial charge in [0.1, 0.15) is 5.75 Å². The van der Waals surface area contributed by atoms with Crippen molar-refractivity contribution in [2.75, 3.05) is 7.11 Å². The summed E-state index contributed by atoms with van der Waals surface area (Å²) in [7, 11) is 1.57. The zero-order valence-electron chi connectivity index (χ0n) is 13.6. The molecule has 4 heteroatoms. The highest BCUT2D eigenvalue weighted by molar-refractivity contribution is 6.32. The van der Waals surface area contributed by atoms with Crippen LogP contribution in [-0.4, -0.2) is 12.2 Å². The Morgan fingerprint density at radius 3 is 2.48 bits per heavy atom. The first-order valence-electron chi connectivity index (χ1n) is 7.36. The monoisotopic (exact) mass is 332 g/mol. The van der Waals surface area contributed by atoms with E-state index in [-0.39, 0.29) is 6.61 Å². The van der Waals surface area contributed by atoms with Crippen molar-refractivity contribution in [3.8, 4) is 17.2 Å². The number of aliphatic hydroxyl groups is 1. The lowest BCUT2D eigenvalue weighted by Gasteiger charge is -2.16. The molecular weight excluding hydrogens is 312 g/mol. The summed E-state index contributed by atoms with van der Waals surface area (Å²) in [5.41, 5.74) is 3.86. The number of aryl methyl sites for hydroxylation is 2. The SMILES string of the molecule is C=CCc1cc(Oc2c(C)cc(CO)cc2OC)c(Cl)cc1C. The van der Waals surface area contributed by atoms with Gasteiger partial charge in [-0.3, -0.25) is 0 Å². The Labute approximate surface area is 142 Å². The summed E-state index contributed by atoms with van der Waals surface area (Å²) < 4.78 is 11.4. The molecule has 23 heavy (non-hydrogen) atoms.